The van der Waals surface area contributed by atoms with Crippen LogP contribution in [0.2, 0.25) is 0 Å². The van der Waals surface area contributed by atoms with E-state index in [0.29, 0.717) is 12.1 Å². The van der Waals surface area contributed by atoms with E-state index < -0.39 is 0 Å². The first-order valence-electron chi connectivity index (χ1n) is 5.60. The fourth-order valence-electron chi connectivity index (χ4n) is 1.98. The van der Waals surface area contributed by atoms with Gasteiger partial charge in [-0.05, 0) is 47.7 Å². The first-order valence-corrected chi connectivity index (χ1v) is 6.67. The molecule has 0 bridgehead atoms. The van der Waals surface area contributed by atoms with Gasteiger partial charge in [-0.15, -0.1) is 0 Å². The van der Waals surface area contributed by atoms with Crippen LogP contribution >= 0.6 is 22.6 Å². The normalized spacial score (nSPS) is 20.4. The number of aromatic hydroxyl groups is 1. The number of phenols is 1. The lowest BCUT2D eigenvalue weighted by atomic mass is 10.1. The molecule has 2 N–H and O–H groups in total. The molecule has 1 saturated heterocycles. The monoisotopic (exact) mass is 346 g/mol. The van der Waals surface area contributed by atoms with Crippen LogP contribution in [-0.2, 0) is 0 Å². The van der Waals surface area contributed by atoms with Gasteiger partial charge in [-0.3, -0.25) is 4.79 Å². The van der Waals surface area contributed by atoms with Crippen LogP contribution in [0.5, 0.6) is 5.75 Å². The highest BCUT2D eigenvalue weighted by Crippen LogP contribution is 2.22. The number of nitrogens with zero attached hydrogens (tertiary/aromatic N) is 1. The number of halogens is 1. The summed E-state index contributed by atoms with van der Waals surface area (Å²) in [5.74, 6) is -0.0313. The number of carbonyl (C=O) groups excluding carboxylic acids is 1. The zero-order valence-electron chi connectivity index (χ0n) is 9.61. The second-order valence-electron chi connectivity index (χ2n) is 4.21. The molecule has 1 aliphatic rings. The number of piperazine rings is 1. The third kappa shape index (κ3) is 2.71. The van der Waals surface area contributed by atoms with Crippen molar-refractivity contribution in [1.29, 1.82) is 0 Å². The summed E-state index contributed by atoms with van der Waals surface area (Å²) in [6, 6.07) is 5.25. The third-order valence-corrected chi connectivity index (χ3v) is 3.62. The highest BCUT2D eigenvalue weighted by Gasteiger charge is 2.25. The zero-order chi connectivity index (χ0) is 12.4. The van der Waals surface area contributed by atoms with Gasteiger partial charge in [-0.25, -0.2) is 0 Å². The summed E-state index contributed by atoms with van der Waals surface area (Å²) in [6.45, 7) is 4.30. The Morgan fingerprint density at radius 1 is 1.59 bits per heavy atom. The minimum Gasteiger partial charge on any atom is -0.507 e. The van der Waals surface area contributed by atoms with E-state index >= 15 is 0 Å². The smallest absolute Gasteiger partial charge is 0.257 e. The van der Waals surface area contributed by atoms with Crippen molar-refractivity contribution in [3.63, 3.8) is 0 Å². The lowest BCUT2D eigenvalue weighted by Crippen LogP contribution is -2.52. The summed E-state index contributed by atoms with van der Waals surface area (Å²) in [7, 11) is 0. The van der Waals surface area contributed by atoms with Crippen LogP contribution in [0.3, 0.4) is 0 Å². The Morgan fingerprint density at radius 2 is 2.35 bits per heavy atom. The second-order valence-corrected chi connectivity index (χ2v) is 5.46. The molecule has 0 spiro atoms. The molecule has 17 heavy (non-hydrogen) atoms. The Bertz CT molecular complexity index is 437. The Morgan fingerprint density at radius 3 is 3.06 bits per heavy atom. The number of phenolic OH excluding ortho intramolecular Hbond substituents is 1. The molecule has 1 amide bonds. The van der Waals surface area contributed by atoms with E-state index in [9.17, 15) is 9.90 Å². The van der Waals surface area contributed by atoms with Gasteiger partial charge in [0.05, 0.1) is 5.56 Å². The summed E-state index contributed by atoms with van der Waals surface area (Å²) in [6.07, 6.45) is 0. The van der Waals surface area contributed by atoms with Gasteiger partial charge < -0.3 is 15.3 Å². The quantitative estimate of drug-likeness (QED) is 0.757. The van der Waals surface area contributed by atoms with Crippen molar-refractivity contribution in [2.24, 2.45) is 0 Å². The maximum absolute atomic E-state index is 12.3. The van der Waals surface area contributed by atoms with Crippen LogP contribution in [0.15, 0.2) is 18.2 Å². The lowest BCUT2D eigenvalue weighted by molar-refractivity contribution is 0.0652. The van der Waals surface area contributed by atoms with Gasteiger partial charge in [0.25, 0.3) is 5.91 Å². The molecule has 1 aromatic carbocycles. The summed E-state index contributed by atoms with van der Waals surface area (Å²) in [4.78, 5) is 14.1. The molecule has 92 valence electrons. The Kier molecular flexibility index (Phi) is 3.88. The molecule has 4 nitrogen and oxygen atoms in total. The number of hydrogen-bond acceptors (Lipinski definition) is 3. The van der Waals surface area contributed by atoms with Crippen LogP contribution < -0.4 is 5.32 Å². The van der Waals surface area contributed by atoms with Gasteiger partial charge in [-0.1, -0.05) is 0 Å². The minimum absolute atomic E-state index is 0.0566. The molecule has 0 unspecified atom stereocenters. The van der Waals surface area contributed by atoms with Crippen LogP contribution in [0, 0.1) is 3.57 Å². The van der Waals surface area contributed by atoms with Crippen LogP contribution in [0.4, 0.5) is 0 Å². The van der Waals surface area contributed by atoms with E-state index in [4.69, 9.17) is 0 Å². The molecule has 2 rings (SSSR count). The number of rotatable bonds is 1. The maximum Gasteiger partial charge on any atom is 0.257 e. The topological polar surface area (TPSA) is 52.6 Å². The third-order valence-electron chi connectivity index (χ3n) is 2.95. The van der Waals surface area contributed by atoms with Crippen LogP contribution in [0.25, 0.3) is 0 Å². The Balaban J connectivity index is 2.26. The first-order chi connectivity index (χ1) is 8.09. The summed E-state index contributed by atoms with van der Waals surface area (Å²) in [5.41, 5.74) is 0.394. The van der Waals surface area contributed by atoms with E-state index in [1.807, 2.05) is 11.8 Å². The fourth-order valence-corrected chi connectivity index (χ4v) is 2.47. The van der Waals surface area contributed by atoms with E-state index in [1.165, 1.54) is 0 Å². The molecule has 1 aliphatic heterocycles. The molecule has 0 radical (unpaired) electrons. The van der Waals surface area contributed by atoms with Crippen molar-refractivity contribution in [1.82, 2.24) is 10.2 Å². The molecular weight excluding hydrogens is 331 g/mol. The highest BCUT2D eigenvalue weighted by atomic mass is 127. The molecule has 0 aliphatic carbocycles. The number of amides is 1. The number of carbonyl (C=O) groups is 1. The SMILES string of the molecule is C[C@H]1CNCCN1C(=O)c1cc(I)ccc1O. The van der Waals surface area contributed by atoms with E-state index in [-0.39, 0.29) is 17.7 Å². The van der Waals surface area contributed by atoms with E-state index in [2.05, 4.69) is 27.9 Å². The first kappa shape index (κ1) is 12.6. The van der Waals surface area contributed by atoms with Gasteiger partial charge in [0.2, 0.25) is 0 Å². The average Bonchev–Trinajstić information content (AvgIpc) is 2.32. The lowest BCUT2D eigenvalue weighted by Gasteiger charge is -2.34. The number of hydrogen-bond donors (Lipinski definition) is 2. The molecule has 0 saturated carbocycles. The van der Waals surface area contributed by atoms with Crippen molar-refractivity contribution in [2.45, 2.75) is 13.0 Å². The molecule has 5 heteroatoms. The van der Waals surface area contributed by atoms with Gasteiger partial charge in [0.1, 0.15) is 5.75 Å². The fraction of sp³-hybridized carbons (Fsp3) is 0.417. The highest BCUT2D eigenvalue weighted by molar-refractivity contribution is 14.1. The number of nitrogens with one attached hydrogen (secondary N) is 1. The van der Waals surface area contributed by atoms with Crippen LogP contribution in [-0.4, -0.2) is 41.6 Å². The molecule has 1 fully saturated rings. The van der Waals surface area contributed by atoms with Crippen LogP contribution in [0.1, 0.15) is 17.3 Å². The van der Waals surface area contributed by atoms with Crippen molar-refractivity contribution in [3.8, 4) is 5.75 Å². The number of benzene rings is 1. The average molecular weight is 346 g/mol. The van der Waals surface area contributed by atoms with Crippen molar-refractivity contribution in [2.75, 3.05) is 19.6 Å². The molecular formula is C12H15IN2O2. The van der Waals surface area contributed by atoms with E-state index in [1.54, 1.807) is 18.2 Å². The molecule has 0 aromatic heterocycles. The van der Waals surface area contributed by atoms with E-state index in [0.717, 1.165) is 16.7 Å². The molecule has 1 heterocycles. The predicted molar refractivity (Wildman–Crippen MR) is 74.2 cm³/mol. The standard InChI is InChI=1S/C12H15IN2O2/c1-8-7-14-4-5-15(8)12(17)10-6-9(13)2-3-11(10)16/h2-3,6,8,14,16H,4-5,7H2,1H3/t8-/m0/s1. The summed E-state index contributed by atoms with van der Waals surface area (Å²) >= 11 is 2.14. The molecule has 1 atom stereocenters. The van der Waals surface area contributed by atoms with Gasteiger partial charge in [0.15, 0.2) is 0 Å². The van der Waals surface area contributed by atoms with Crippen molar-refractivity contribution in [3.05, 3.63) is 27.3 Å². The Hall–Kier alpha value is -0.820. The van der Waals surface area contributed by atoms with Gasteiger partial charge in [0, 0.05) is 29.2 Å². The molecule has 1 aromatic rings. The summed E-state index contributed by atoms with van der Waals surface area (Å²) < 4.78 is 0.950. The zero-order valence-corrected chi connectivity index (χ0v) is 11.8. The predicted octanol–water partition coefficient (Wildman–Crippen LogP) is 1.43. The van der Waals surface area contributed by atoms with Gasteiger partial charge >= 0.3 is 0 Å². The van der Waals surface area contributed by atoms with Crippen molar-refractivity contribution < 1.29 is 9.90 Å². The largest absolute Gasteiger partial charge is 0.507 e. The summed E-state index contributed by atoms with van der Waals surface area (Å²) in [5, 5.41) is 13.0. The Labute approximate surface area is 114 Å². The van der Waals surface area contributed by atoms with Crippen molar-refractivity contribution >= 4 is 28.5 Å². The maximum atomic E-state index is 12.3. The minimum atomic E-state index is -0.0879. The van der Waals surface area contributed by atoms with Gasteiger partial charge in [-0.2, -0.15) is 0 Å². The second kappa shape index (κ2) is 5.22.